The fourth-order valence-corrected chi connectivity index (χ4v) is 4.60. The highest BCUT2D eigenvalue weighted by atomic mass is 32.1. The summed E-state index contributed by atoms with van der Waals surface area (Å²) in [5.74, 6) is -0.344. The Morgan fingerprint density at radius 1 is 1.11 bits per heavy atom. The van der Waals surface area contributed by atoms with Gasteiger partial charge in [-0.2, -0.15) is 0 Å². The third-order valence-corrected chi connectivity index (χ3v) is 6.49. The van der Waals surface area contributed by atoms with Gasteiger partial charge in [0.1, 0.15) is 10.8 Å². The SMILES string of the molecule is CCOc1cc(C2/C(=C(\O)c3ccncc3)C(=O)C(=O)N2c2nnc(C)s2)ccc1OCCC(C)C. The third-order valence-electron chi connectivity index (χ3n) is 5.66. The van der Waals surface area contributed by atoms with E-state index in [1.807, 2.05) is 6.92 Å². The van der Waals surface area contributed by atoms with E-state index in [2.05, 4.69) is 29.0 Å². The molecule has 9 nitrogen and oxygen atoms in total. The van der Waals surface area contributed by atoms with Crippen LogP contribution in [0.2, 0.25) is 0 Å². The van der Waals surface area contributed by atoms with Gasteiger partial charge >= 0.3 is 5.91 Å². The zero-order valence-corrected chi connectivity index (χ0v) is 21.4. The molecule has 3 heterocycles. The number of hydrogen-bond donors (Lipinski definition) is 1. The Balaban J connectivity index is 1.85. The van der Waals surface area contributed by atoms with Crippen LogP contribution in [0.3, 0.4) is 0 Å². The van der Waals surface area contributed by atoms with Gasteiger partial charge in [-0.25, -0.2) is 0 Å². The molecule has 36 heavy (non-hydrogen) atoms. The molecular formula is C26H28N4O5S. The van der Waals surface area contributed by atoms with Gasteiger partial charge in [-0.3, -0.25) is 19.5 Å². The number of aromatic nitrogens is 3. The minimum Gasteiger partial charge on any atom is -0.507 e. The minimum absolute atomic E-state index is 0.0463. The molecule has 1 atom stereocenters. The Bertz CT molecular complexity index is 1290. The first kappa shape index (κ1) is 25.3. The van der Waals surface area contributed by atoms with E-state index in [-0.39, 0.29) is 16.5 Å². The number of Topliss-reactive ketones (excluding diaryl/α,β-unsaturated/α-hetero) is 1. The number of nitrogens with zero attached hydrogens (tertiary/aromatic N) is 4. The van der Waals surface area contributed by atoms with Crippen molar-refractivity contribution in [2.24, 2.45) is 5.92 Å². The number of amides is 1. The summed E-state index contributed by atoms with van der Waals surface area (Å²) in [5.41, 5.74) is 0.896. The molecular weight excluding hydrogens is 480 g/mol. The highest BCUT2D eigenvalue weighted by molar-refractivity contribution is 7.15. The second kappa shape index (κ2) is 10.9. The number of aliphatic hydroxyl groups excluding tert-OH is 1. The lowest BCUT2D eigenvalue weighted by Gasteiger charge is -2.23. The van der Waals surface area contributed by atoms with E-state index in [9.17, 15) is 14.7 Å². The number of pyridine rings is 1. The fourth-order valence-electron chi connectivity index (χ4n) is 3.88. The van der Waals surface area contributed by atoms with Crippen molar-refractivity contribution in [2.45, 2.75) is 40.2 Å². The van der Waals surface area contributed by atoms with E-state index in [1.165, 1.54) is 28.6 Å². The highest BCUT2D eigenvalue weighted by Crippen LogP contribution is 2.44. The maximum absolute atomic E-state index is 13.3. The Morgan fingerprint density at radius 2 is 1.86 bits per heavy atom. The van der Waals surface area contributed by atoms with E-state index in [0.717, 1.165) is 6.42 Å². The van der Waals surface area contributed by atoms with Crippen molar-refractivity contribution in [1.29, 1.82) is 0 Å². The largest absolute Gasteiger partial charge is 0.507 e. The molecule has 2 aromatic heterocycles. The van der Waals surface area contributed by atoms with Crippen molar-refractivity contribution in [3.05, 3.63) is 64.4 Å². The Morgan fingerprint density at radius 3 is 2.50 bits per heavy atom. The monoisotopic (exact) mass is 508 g/mol. The van der Waals surface area contributed by atoms with Gasteiger partial charge in [-0.1, -0.05) is 31.3 Å². The first-order chi connectivity index (χ1) is 17.3. The van der Waals surface area contributed by atoms with Crippen LogP contribution in [-0.4, -0.2) is 45.2 Å². The molecule has 0 bridgehead atoms. The number of ether oxygens (including phenoxy) is 2. The van der Waals surface area contributed by atoms with Crippen LogP contribution in [0.25, 0.3) is 5.76 Å². The number of hydrogen-bond acceptors (Lipinski definition) is 9. The van der Waals surface area contributed by atoms with Crippen molar-refractivity contribution in [3.8, 4) is 11.5 Å². The zero-order valence-electron chi connectivity index (χ0n) is 20.6. The van der Waals surface area contributed by atoms with Gasteiger partial charge in [0.05, 0.1) is 24.8 Å². The molecule has 1 unspecified atom stereocenters. The van der Waals surface area contributed by atoms with Gasteiger partial charge in [0.25, 0.3) is 5.78 Å². The first-order valence-corrected chi connectivity index (χ1v) is 12.5. The molecule has 1 N–H and O–H groups in total. The molecule has 1 fully saturated rings. The van der Waals surface area contributed by atoms with E-state index in [4.69, 9.17) is 9.47 Å². The van der Waals surface area contributed by atoms with E-state index in [0.29, 0.717) is 46.8 Å². The summed E-state index contributed by atoms with van der Waals surface area (Å²) in [5, 5.41) is 20.2. The summed E-state index contributed by atoms with van der Waals surface area (Å²) in [7, 11) is 0. The van der Waals surface area contributed by atoms with Gasteiger partial charge in [0, 0.05) is 18.0 Å². The lowest BCUT2D eigenvalue weighted by molar-refractivity contribution is -0.132. The number of carbonyl (C=O) groups is 2. The summed E-state index contributed by atoms with van der Waals surface area (Å²) < 4.78 is 11.8. The summed E-state index contributed by atoms with van der Waals surface area (Å²) in [6, 6.07) is 7.49. The van der Waals surface area contributed by atoms with Crippen molar-refractivity contribution < 1.29 is 24.2 Å². The van der Waals surface area contributed by atoms with Crippen LogP contribution >= 0.6 is 11.3 Å². The van der Waals surface area contributed by atoms with Crippen LogP contribution in [0, 0.1) is 12.8 Å². The average molecular weight is 509 g/mol. The van der Waals surface area contributed by atoms with Gasteiger partial charge in [-0.15, -0.1) is 10.2 Å². The lowest BCUT2D eigenvalue weighted by atomic mass is 9.95. The summed E-state index contributed by atoms with van der Waals surface area (Å²) in [6.45, 7) is 8.80. The van der Waals surface area contributed by atoms with E-state index >= 15 is 0 Å². The van der Waals surface area contributed by atoms with Crippen LogP contribution in [0.5, 0.6) is 11.5 Å². The van der Waals surface area contributed by atoms with E-state index in [1.54, 1.807) is 37.3 Å². The Kier molecular flexibility index (Phi) is 7.64. The third kappa shape index (κ3) is 5.08. The smallest absolute Gasteiger partial charge is 0.301 e. The van der Waals surface area contributed by atoms with E-state index < -0.39 is 17.7 Å². The maximum atomic E-state index is 13.3. The van der Waals surface area contributed by atoms with Crippen LogP contribution in [0.4, 0.5) is 5.13 Å². The van der Waals surface area contributed by atoms with Crippen LogP contribution < -0.4 is 14.4 Å². The fraction of sp³-hybridized carbons (Fsp3) is 0.346. The molecule has 10 heteroatoms. The summed E-state index contributed by atoms with van der Waals surface area (Å²) in [4.78, 5) is 31.7. The van der Waals surface area contributed by atoms with Gasteiger partial charge in [-0.05, 0) is 56.0 Å². The second-order valence-electron chi connectivity index (χ2n) is 8.68. The molecule has 4 rings (SSSR count). The number of rotatable bonds is 9. The standard InChI is InChI=1S/C26H28N4O5S/c1-5-34-20-14-18(6-7-19(20)35-13-10-15(2)3)22-21(23(31)17-8-11-27-12-9-17)24(32)25(33)30(22)26-29-28-16(4)36-26/h6-9,11-12,14-15,22,31H,5,10,13H2,1-4H3/b23-21+. The van der Waals surface area contributed by atoms with Crippen molar-refractivity contribution in [1.82, 2.24) is 15.2 Å². The van der Waals surface area contributed by atoms with Crippen molar-refractivity contribution >= 4 is 33.9 Å². The minimum atomic E-state index is -0.936. The molecule has 1 aromatic carbocycles. The van der Waals surface area contributed by atoms with Crippen LogP contribution in [0.15, 0.2) is 48.3 Å². The number of benzene rings is 1. The molecule has 1 aliphatic heterocycles. The lowest BCUT2D eigenvalue weighted by Crippen LogP contribution is -2.29. The molecule has 188 valence electrons. The number of aryl methyl sites for hydroxylation is 1. The predicted molar refractivity (Wildman–Crippen MR) is 136 cm³/mol. The Labute approximate surface area is 213 Å². The number of aliphatic hydroxyl groups is 1. The molecule has 3 aromatic rings. The normalized spacial score (nSPS) is 17.1. The Hall–Kier alpha value is -3.79. The first-order valence-electron chi connectivity index (χ1n) is 11.7. The van der Waals surface area contributed by atoms with Gasteiger partial charge < -0.3 is 14.6 Å². The molecule has 0 saturated carbocycles. The zero-order chi connectivity index (χ0) is 25.8. The summed E-state index contributed by atoms with van der Waals surface area (Å²) >= 11 is 1.19. The molecule has 0 radical (unpaired) electrons. The quantitative estimate of drug-likeness (QED) is 0.251. The van der Waals surface area contributed by atoms with Gasteiger partial charge in [0.15, 0.2) is 11.5 Å². The topological polar surface area (TPSA) is 115 Å². The molecule has 0 spiro atoms. The molecule has 1 saturated heterocycles. The van der Waals surface area contributed by atoms with Crippen LogP contribution in [0.1, 0.15) is 49.4 Å². The average Bonchev–Trinajstić information content (AvgIpc) is 3.40. The van der Waals surface area contributed by atoms with Crippen molar-refractivity contribution in [3.63, 3.8) is 0 Å². The second-order valence-corrected chi connectivity index (χ2v) is 9.84. The van der Waals surface area contributed by atoms with Gasteiger partial charge in [0.2, 0.25) is 5.13 Å². The van der Waals surface area contributed by atoms with Crippen molar-refractivity contribution in [2.75, 3.05) is 18.1 Å². The number of anilines is 1. The maximum Gasteiger partial charge on any atom is 0.301 e. The van der Waals surface area contributed by atoms with Crippen LogP contribution in [-0.2, 0) is 9.59 Å². The molecule has 1 amide bonds. The predicted octanol–water partition coefficient (Wildman–Crippen LogP) is 4.69. The molecule has 0 aliphatic carbocycles. The number of ketones is 1. The molecule has 1 aliphatic rings. The number of carbonyl (C=O) groups excluding carboxylic acids is 2. The highest BCUT2D eigenvalue weighted by Gasteiger charge is 2.48. The summed E-state index contributed by atoms with van der Waals surface area (Å²) in [6.07, 6.45) is 3.89.